The van der Waals surface area contributed by atoms with Crippen LogP contribution in [-0.2, 0) is 9.53 Å². The molecule has 1 heterocycles. The van der Waals surface area contributed by atoms with E-state index in [1.807, 2.05) is 0 Å². The summed E-state index contributed by atoms with van der Waals surface area (Å²) >= 11 is 0. The Bertz CT molecular complexity index is 745. The number of esters is 1. The molecule has 0 radical (unpaired) electrons. The Labute approximate surface area is 133 Å². The summed E-state index contributed by atoms with van der Waals surface area (Å²) in [4.78, 5) is 29.0. The Morgan fingerprint density at radius 2 is 2.09 bits per heavy atom. The lowest BCUT2D eigenvalue weighted by atomic mass is 10.1. The molecule has 0 saturated carbocycles. The Hall–Kier alpha value is -2.83. The van der Waals surface area contributed by atoms with Gasteiger partial charge in [0.1, 0.15) is 17.9 Å². The van der Waals surface area contributed by atoms with E-state index < -0.39 is 11.9 Å². The minimum atomic E-state index is -1.00. The molecular weight excluding hydrogens is 300 g/mol. The first kappa shape index (κ1) is 16.5. The Morgan fingerprint density at radius 1 is 1.35 bits per heavy atom. The van der Waals surface area contributed by atoms with Crippen molar-refractivity contribution in [1.82, 2.24) is 4.98 Å². The van der Waals surface area contributed by atoms with Crippen molar-refractivity contribution in [3.8, 4) is 5.75 Å². The summed E-state index contributed by atoms with van der Waals surface area (Å²) in [6.45, 7) is 1.66. The fourth-order valence-corrected chi connectivity index (χ4v) is 2.34. The van der Waals surface area contributed by atoms with Crippen molar-refractivity contribution < 1.29 is 24.2 Å². The predicted molar refractivity (Wildman–Crippen MR) is 85.2 cm³/mol. The standard InChI is InChI=1S/C16H18N2O5/c1-4-23-16(21)12-8-17-13-6-5-10(22-3)7-11(13)15(12)18(2)9-14(19)20/h5-8H,4,9H2,1-3H3,(H,19,20). The molecule has 2 aromatic rings. The van der Waals surface area contributed by atoms with Crippen molar-refractivity contribution in [3.05, 3.63) is 30.0 Å². The van der Waals surface area contributed by atoms with Gasteiger partial charge in [-0.25, -0.2) is 4.79 Å². The second kappa shape index (κ2) is 6.95. The van der Waals surface area contributed by atoms with E-state index in [-0.39, 0.29) is 18.7 Å². The van der Waals surface area contributed by atoms with E-state index in [0.717, 1.165) is 0 Å². The maximum Gasteiger partial charge on any atom is 0.341 e. The second-order valence-corrected chi connectivity index (χ2v) is 4.87. The maximum atomic E-state index is 12.2. The van der Waals surface area contributed by atoms with Crippen LogP contribution in [0.5, 0.6) is 5.75 Å². The van der Waals surface area contributed by atoms with E-state index in [1.54, 1.807) is 32.2 Å². The number of hydrogen-bond acceptors (Lipinski definition) is 6. The summed E-state index contributed by atoms with van der Waals surface area (Å²) in [5, 5.41) is 9.68. The summed E-state index contributed by atoms with van der Waals surface area (Å²) in [6.07, 6.45) is 1.40. The third-order valence-electron chi connectivity index (χ3n) is 3.30. The molecule has 0 saturated heterocycles. The number of fused-ring (bicyclic) bond motifs is 1. The molecule has 7 nitrogen and oxygen atoms in total. The van der Waals surface area contributed by atoms with Gasteiger partial charge in [-0.1, -0.05) is 0 Å². The smallest absolute Gasteiger partial charge is 0.341 e. The number of ether oxygens (including phenoxy) is 2. The van der Waals surface area contributed by atoms with E-state index in [9.17, 15) is 9.59 Å². The second-order valence-electron chi connectivity index (χ2n) is 4.87. The number of pyridine rings is 1. The number of nitrogens with zero attached hydrogens (tertiary/aromatic N) is 2. The van der Waals surface area contributed by atoms with Gasteiger partial charge in [-0.3, -0.25) is 9.78 Å². The number of carbonyl (C=O) groups is 2. The van der Waals surface area contributed by atoms with Crippen molar-refractivity contribution in [1.29, 1.82) is 0 Å². The predicted octanol–water partition coefficient (Wildman–Crippen LogP) is 1.94. The van der Waals surface area contributed by atoms with Crippen LogP contribution in [0.25, 0.3) is 10.9 Å². The van der Waals surface area contributed by atoms with Gasteiger partial charge in [0.2, 0.25) is 0 Å². The van der Waals surface area contributed by atoms with Crippen molar-refractivity contribution in [2.75, 3.05) is 32.2 Å². The first-order valence-electron chi connectivity index (χ1n) is 7.04. The van der Waals surface area contributed by atoms with Crippen LogP contribution in [0.3, 0.4) is 0 Å². The number of aromatic nitrogens is 1. The van der Waals surface area contributed by atoms with Gasteiger partial charge in [-0.2, -0.15) is 0 Å². The molecule has 0 atom stereocenters. The number of aliphatic carboxylic acids is 1. The lowest BCUT2D eigenvalue weighted by Crippen LogP contribution is -2.27. The molecule has 0 aliphatic rings. The van der Waals surface area contributed by atoms with Crippen molar-refractivity contribution >= 4 is 28.5 Å². The van der Waals surface area contributed by atoms with Gasteiger partial charge in [0.05, 0.1) is 24.9 Å². The lowest BCUT2D eigenvalue weighted by molar-refractivity contribution is -0.135. The molecule has 0 amide bonds. The molecule has 0 unspecified atom stereocenters. The van der Waals surface area contributed by atoms with Crippen LogP contribution in [0.4, 0.5) is 5.69 Å². The van der Waals surface area contributed by atoms with Crippen molar-refractivity contribution in [2.24, 2.45) is 0 Å². The summed E-state index contributed by atoms with van der Waals surface area (Å²) in [5.41, 5.74) is 1.30. The van der Waals surface area contributed by atoms with E-state index in [1.165, 1.54) is 18.2 Å². The Morgan fingerprint density at radius 3 is 2.70 bits per heavy atom. The Balaban J connectivity index is 2.69. The molecule has 23 heavy (non-hydrogen) atoms. The van der Waals surface area contributed by atoms with Crippen LogP contribution < -0.4 is 9.64 Å². The number of anilines is 1. The number of benzene rings is 1. The van der Waals surface area contributed by atoms with E-state index in [0.29, 0.717) is 22.3 Å². The number of rotatable bonds is 6. The summed E-state index contributed by atoms with van der Waals surface area (Å²) < 4.78 is 10.3. The lowest BCUT2D eigenvalue weighted by Gasteiger charge is -2.22. The van der Waals surface area contributed by atoms with Crippen LogP contribution in [-0.4, -0.2) is 49.3 Å². The normalized spacial score (nSPS) is 10.4. The third-order valence-corrected chi connectivity index (χ3v) is 3.30. The monoisotopic (exact) mass is 318 g/mol. The van der Waals surface area contributed by atoms with Crippen LogP contribution in [0.1, 0.15) is 17.3 Å². The van der Waals surface area contributed by atoms with Gasteiger partial charge in [-0.05, 0) is 25.1 Å². The molecule has 0 aliphatic carbocycles. The van der Waals surface area contributed by atoms with Gasteiger partial charge in [0.15, 0.2) is 0 Å². The molecule has 7 heteroatoms. The zero-order chi connectivity index (χ0) is 17.0. The highest BCUT2D eigenvalue weighted by Crippen LogP contribution is 2.32. The molecule has 1 aromatic carbocycles. The molecule has 0 aliphatic heterocycles. The molecule has 0 bridgehead atoms. The Kier molecular flexibility index (Phi) is 5.00. The first-order valence-corrected chi connectivity index (χ1v) is 7.04. The molecule has 1 N–H and O–H groups in total. The van der Waals surface area contributed by atoms with Crippen LogP contribution >= 0.6 is 0 Å². The quantitative estimate of drug-likeness (QED) is 0.814. The van der Waals surface area contributed by atoms with Gasteiger partial charge >= 0.3 is 11.9 Å². The zero-order valence-electron chi connectivity index (χ0n) is 13.2. The van der Waals surface area contributed by atoms with Gasteiger partial charge in [0, 0.05) is 18.6 Å². The van der Waals surface area contributed by atoms with Crippen molar-refractivity contribution in [3.63, 3.8) is 0 Å². The number of carboxylic acids is 1. The first-order chi connectivity index (χ1) is 11.0. The van der Waals surface area contributed by atoms with Crippen LogP contribution in [0, 0.1) is 0 Å². The number of hydrogen-bond donors (Lipinski definition) is 1. The average Bonchev–Trinajstić information content (AvgIpc) is 2.52. The SMILES string of the molecule is CCOC(=O)c1cnc2ccc(OC)cc2c1N(C)CC(=O)O. The summed E-state index contributed by atoms with van der Waals surface area (Å²) in [6, 6.07) is 5.22. The van der Waals surface area contributed by atoms with Gasteiger partial charge < -0.3 is 19.5 Å². The largest absolute Gasteiger partial charge is 0.497 e. The fraction of sp³-hybridized carbons (Fsp3) is 0.312. The number of carbonyl (C=O) groups excluding carboxylic acids is 1. The minimum Gasteiger partial charge on any atom is -0.497 e. The van der Waals surface area contributed by atoms with E-state index in [2.05, 4.69) is 4.98 Å². The zero-order valence-corrected chi connectivity index (χ0v) is 13.2. The van der Waals surface area contributed by atoms with E-state index in [4.69, 9.17) is 14.6 Å². The molecular formula is C16H18N2O5. The number of methoxy groups -OCH3 is 1. The third kappa shape index (κ3) is 3.50. The number of likely N-dealkylation sites (N-methyl/N-ethyl adjacent to an activating group) is 1. The van der Waals surface area contributed by atoms with Crippen LogP contribution in [0.2, 0.25) is 0 Å². The van der Waals surface area contributed by atoms with Gasteiger partial charge in [0.25, 0.3) is 0 Å². The molecule has 122 valence electrons. The molecule has 0 fully saturated rings. The van der Waals surface area contributed by atoms with E-state index >= 15 is 0 Å². The number of carboxylic acid groups (broad SMARTS) is 1. The topological polar surface area (TPSA) is 89.0 Å². The van der Waals surface area contributed by atoms with Crippen molar-refractivity contribution in [2.45, 2.75) is 6.92 Å². The molecule has 1 aromatic heterocycles. The fourth-order valence-electron chi connectivity index (χ4n) is 2.34. The van der Waals surface area contributed by atoms with Gasteiger partial charge in [-0.15, -0.1) is 0 Å². The minimum absolute atomic E-state index is 0.219. The average molecular weight is 318 g/mol. The molecule has 0 spiro atoms. The maximum absolute atomic E-state index is 12.2. The highest BCUT2D eigenvalue weighted by atomic mass is 16.5. The highest BCUT2D eigenvalue weighted by molar-refractivity contribution is 6.06. The highest BCUT2D eigenvalue weighted by Gasteiger charge is 2.21. The summed E-state index contributed by atoms with van der Waals surface area (Å²) in [7, 11) is 3.13. The van der Waals surface area contributed by atoms with Crippen LogP contribution in [0.15, 0.2) is 24.4 Å². The summed E-state index contributed by atoms with van der Waals surface area (Å²) in [5.74, 6) is -0.961. The molecule has 2 rings (SSSR count).